The Morgan fingerprint density at radius 2 is 1.81 bits per heavy atom. The van der Waals surface area contributed by atoms with Gasteiger partial charge in [0.1, 0.15) is 18.2 Å². The van der Waals surface area contributed by atoms with Gasteiger partial charge in [0.05, 0.1) is 17.5 Å². The van der Waals surface area contributed by atoms with E-state index in [0.29, 0.717) is 36.3 Å². The molecule has 0 bridgehead atoms. The molecule has 37 heavy (non-hydrogen) atoms. The monoisotopic (exact) mass is 502 g/mol. The van der Waals surface area contributed by atoms with E-state index in [2.05, 4.69) is 27.1 Å². The number of piperazine rings is 1. The zero-order valence-corrected chi connectivity index (χ0v) is 21.2. The van der Waals surface area contributed by atoms with Crippen molar-refractivity contribution in [3.05, 3.63) is 72.4 Å². The average Bonchev–Trinajstić information content (AvgIpc) is 2.91. The molecule has 2 aromatic carbocycles. The van der Waals surface area contributed by atoms with E-state index in [-0.39, 0.29) is 18.9 Å². The number of allylic oxidation sites excluding steroid dienone is 1. The summed E-state index contributed by atoms with van der Waals surface area (Å²) in [5, 5.41) is 13.9. The largest absolute Gasteiger partial charge is 0.488 e. The van der Waals surface area contributed by atoms with Gasteiger partial charge in [-0.1, -0.05) is 42.5 Å². The molecular formula is C29H34N4O4. The molecule has 0 spiro atoms. The number of likely N-dealkylation sites (N-methyl/N-ethyl adjacent to an activating group) is 1. The molecule has 0 atom stereocenters. The highest BCUT2D eigenvalue weighted by atomic mass is 16.5. The summed E-state index contributed by atoms with van der Waals surface area (Å²) in [7, 11) is 2.12. The van der Waals surface area contributed by atoms with Crippen LogP contribution in [0.3, 0.4) is 0 Å². The van der Waals surface area contributed by atoms with Crippen LogP contribution in [0.15, 0.2) is 72.4 Å². The first-order chi connectivity index (χ1) is 18.0. The lowest BCUT2D eigenvalue weighted by Gasteiger charge is -2.33. The number of unbranched alkanes of at least 4 members (excludes halogenated alkanes) is 2. The molecule has 1 aromatic heterocycles. The molecule has 0 aliphatic carbocycles. The van der Waals surface area contributed by atoms with Crippen molar-refractivity contribution in [1.82, 2.24) is 9.88 Å². The van der Waals surface area contributed by atoms with Crippen LogP contribution in [-0.4, -0.2) is 66.7 Å². The number of carboxylic acid groups (broad SMARTS) is 1. The van der Waals surface area contributed by atoms with E-state index in [1.54, 1.807) is 6.20 Å². The van der Waals surface area contributed by atoms with Gasteiger partial charge < -0.3 is 25.0 Å². The number of anilines is 2. The van der Waals surface area contributed by atoms with E-state index < -0.39 is 5.97 Å². The van der Waals surface area contributed by atoms with E-state index in [1.807, 2.05) is 60.7 Å². The number of aliphatic carboxylic acids is 1. The normalized spacial score (nSPS) is 14.5. The van der Waals surface area contributed by atoms with Gasteiger partial charge in [0.15, 0.2) is 0 Å². The second-order valence-electron chi connectivity index (χ2n) is 9.28. The minimum absolute atomic E-state index is 0.103. The van der Waals surface area contributed by atoms with Crippen molar-refractivity contribution in [3.63, 3.8) is 0 Å². The molecule has 8 heteroatoms. The van der Waals surface area contributed by atoms with E-state index in [1.165, 1.54) is 0 Å². The van der Waals surface area contributed by atoms with Crippen molar-refractivity contribution < 1.29 is 19.4 Å². The molecule has 8 nitrogen and oxygen atoms in total. The summed E-state index contributed by atoms with van der Waals surface area (Å²) >= 11 is 0. The van der Waals surface area contributed by atoms with Crippen molar-refractivity contribution in [1.29, 1.82) is 0 Å². The Hall–Kier alpha value is -3.91. The van der Waals surface area contributed by atoms with Gasteiger partial charge in [-0.15, -0.1) is 0 Å². The number of aromatic nitrogens is 1. The average molecular weight is 503 g/mol. The lowest BCUT2D eigenvalue weighted by molar-refractivity contribution is -0.137. The fourth-order valence-electron chi connectivity index (χ4n) is 4.29. The van der Waals surface area contributed by atoms with Crippen LogP contribution in [0, 0.1) is 0 Å². The van der Waals surface area contributed by atoms with Crippen LogP contribution in [0.1, 0.15) is 25.7 Å². The minimum atomic E-state index is -0.811. The van der Waals surface area contributed by atoms with E-state index in [0.717, 1.165) is 42.8 Å². The Labute approximate surface area is 217 Å². The third kappa shape index (κ3) is 7.54. The Kier molecular flexibility index (Phi) is 9.10. The van der Waals surface area contributed by atoms with Crippen LogP contribution in [0.2, 0.25) is 0 Å². The number of nitrogens with one attached hydrogen (secondary N) is 1. The maximum atomic E-state index is 13.2. The van der Waals surface area contributed by atoms with Gasteiger partial charge in [0.25, 0.3) is 5.91 Å². The standard InChI is InChI=1S/C29H34N4O4/c1-32-16-18-33(19-17-32)27-15-14-24(20-30-27)31-29(36)23(9-3-2-4-13-28(34)35)21-37-26-12-7-10-22-8-5-6-11-25(22)26/h5-12,14-15,20H,2-4,13,16-19,21H2,1H3,(H,31,36)(H,34,35)/b23-9+. The van der Waals surface area contributed by atoms with E-state index >= 15 is 0 Å². The number of hydrogen-bond acceptors (Lipinski definition) is 6. The first-order valence-electron chi connectivity index (χ1n) is 12.7. The zero-order valence-electron chi connectivity index (χ0n) is 21.2. The molecule has 194 valence electrons. The summed E-state index contributed by atoms with van der Waals surface area (Å²) in [5.41, 5.74) is 1.11. The predicted molar refractivity (Wildman–Crippen MR) is 146 cm³/mol. The number of carbonyl (C=O) groups is 2. The van der Waals surface area contributed by atoms with Gasteiger partial charge >= 0.3 is 5.97 Å². The summed E-state index contributed by atoms with van der Waals surface area (Å²) in [4.78, 5) is 33.1. The molecule has 3 aromatic rings. The topological polar surface area (TPSA) is 95.0 Å². The maximum Gasteiger partial charge on any atom is 0.303 e. The van der Waals surface area contributed by atoms with Gasteiger partial charge in [-0.25, -0.2) is 4.98 Å². The molecule has 1 saturated heterocycles. The molecule has 1 aliphatic heterocycles. The maximum absolute atomic E-state index is 13.2. The van der Waals surface area contributed by atoms with Gasteiger partial charge in [0.2, 0.25) is 0 Å². The minimum Gasteiger partial charge on any atom is -0.488 e. The number of amides is 1. The van der Waals surface area contributed by atoms with Crippen LogP contribution >= 0.6 is 0 Å². The highest BCUT2D eigenvalue weighted by Gasteiger charge is 2.16. The van der Waals surface area contributed by atoms with Crippen molar-refractivity contribution in [2.75, 3.05) is 50.1 Å². The molecule has 0 radical (unpaired) electrons. The van der Waals surface area contributed by atoms with Gasteiger partial charge in [-0.05, 0) is 49.9 Å². The Bertz CT molecular complexity index is 1230. The number of carboxylic acids is 1. The fraction of sp³-hybridized carbons (Fsp3) is 0.345. The Balaban J connectivity index is 1.42. The molecule has 1 fully saturated rings. The third-order valence-electron chi connectivity index (χ3n) is 6.49. The Morgan fingerprint density at radius 1 is 1.03 bits per heavy atom. The number of nitrogens with zero attached hydrogens (tertiary/aromatic N) is 3. The van der Waals surface area contributed by atoms with Crippen LogP contribution < -0.4 is 15.0 Å². The number of fused-ring (bicyclic) bond motifs is 1. The highest BCUT2D eigenvalue weighted by molar-refractivity contribution is 6.04. The quantitative estimate of drug-likeness (QED) is 0.293. The number of rotatable bonds is 11. The number of hydrogen-bond donors (Lipinski definition) is 2. The number of ether oxygens (including phenoxy) is 1. The number of benzene rings is 2. The highest BCUT2D eigenvalue weighted by Crippen LogP contribution is 2.26. The zero-order chi connectivity index (χ0) is 26.0. The SMILES string of the molecule is CN1CCN(c2ccc(NC(=O)/C(=C/CCCCC(=O)O)COc3cccc4ccccc34)cn2)CC1. The predicted octanol–water partition coefficient (Wildman–Crippen LogP) is 4.58. The van der Waals surface area contributed by atoms with Crippen molar-refractivity contribution in [2.24, 2.45) is 0 Å². The molecule has 1 amide bonds. The molecule has 4 rings (SSSR count). The van der Waals surface area contributed by atoms with Crippen molar-refractivity contribution >= 4 is 34.2 Å². The van der Waals surface area contributed by atoms with Crippen LogP contribution in [0.25, 0.3) is 10.8 Å². The second kappa shape index (κ2) is 12.9. The van der Waals surface area contributed by atoms with Gasteiger partial charge in [-0.3, -0.25) is 9.59 Å². The molecule has 2 heterocycles. The lowest BCUT2D eigenvalue weighted by atomic mass is 10.1. The van der Waals surface area contributed by atoms with E-state index in [9.17, 15) is 9.59 Å². The third-order valence-corrected chi connectivity index (χ3v) is 6.49. The van der Waals surface area contributed by atoms with Crippen LogP contribution in [0.5, 0.6) is 5.75 Å². The summed E-state index contributed by atoms with van der Waals surface area (Å²) in [5.74, 6) is 0.543. The molecule has 2 N–H and O–H groups in total. The van der Waals surface area contributed by atoms with Crippen LogP contribution in [0.4, 0.5) is 11.5 Å². The van der Waals surface area contributed by atoms with Gasteiger partial charge in [0, 0.05) is 38.0 Å². The van der Waals surface area contributed by atoms with Crippen molar-refractivity contribution in [2.45, 2.75) is 25.7 Å². The summed E-state index contributed by atoms with van der Waals surface area (Å²) in [6.07, 6.45) is 5.47. The number of pyridine rings is 1. The van der Waals surface area contributed by atoms with Crippen molar-refractivity contribution in [3.8, 4) is 5.75 Å². The second-order valence-corrected chi connectivity index (χ2v) is 9.28. The fourth-order valence-corrected chi connectivity index (χ4v) is 4.29. The smallest absolute Gasteiger partial charge is 0.303 e. The molecule has 0 unspecified atom stereocenters. The lowest BCUT2D eigenvalue weighted by Crippen LogP contribution is -2.44. The molecule has 1 aliphatic rings. The first-order valence-corrected chi connectivity index (χ1v) is 12.7. The Morgan fingerprint density at radius 3 is 2.57 bits per heavy atom. The van der Waals surface area contributed by atoms with Crippen LogP contribution in [-0.2, 0) is 9.59 Å². The number of carbonyl (C=O) groups excluding carboxylic acids is 1. The summed E-state index contributed by atoms with van der Waals surface area (Å²) < 4.78 is 6.09. The summed E-state index contributed by atoms with van der Waals surface area (Å²) in [6, 6.07) is 17.6. The first kappa shape index (κ1) is 26.2. The summed E-state index contributed by atoms with van der Waals surface area (Å²) in [6.45, 7) is 3.95. The molecular weight excluding hydrogens is 468 g/mol. The van der Waals surface area contributed by atoms with Gasteiger partial charge in [-0.2, -0.15) is 0 Å². The van der Waals surface area contributed by atoms with E-state index in [4.69, 9.17) is 9.84 Å². The molecule has 0 saturated carbocycles.